The van der Waals surface area contributed by atoms with Gasteiger partial charge in [-0.15, -0.1) is 11.8 Å². The van der Waals surface area contributed by atoms with Gasteiger partial charge in [0.2, 0.25) is 11.8 Å². The van der Waals surface area contributed by atoms with Crippen LogP contribution in [0, 0.1) is 5.82 Å². The molecule has 0 unspecified atom stereocenters. The van der Waals surface area contributed by atoms with E-state index in [1.807, 2.05) is 6.92 Å². The summed E-state index contributed by atoms with van der Waals surface area (Å²) in [6, 6.07) is 10.6. The lowest BCUT2D eigenvalue weighted by Gasteiger charge is -2.29. The maximum absolute atomic E-state index is 13.1. The Morgan fingerprint density at radius 2 is 1.87 bits per heavy atom. The number of hydrogen-bond donors (Lipinski definition) is 1. The molecule has 2 amide bonds. The first kappa shape index (κ1) is 25.5. The molecule has 0 saturated carbocycles. The molecule has 0 aromatic heterocycles. The van der Waals surface area contributed by atoms with E-state index in [9.17, 15) is 14.0 Å². The molecule has 0 spiro atoms. The van der Waals surface area contributed by atoms with Crippen LogP contribution < -0.4 is 5.32 Å². The first-order valence-corrected chi connectivity index (χ1v) is 12.1. The Kier molecular flexibility index (Phi) is 10.6. The summed E-state index contributed by atoms with van der Waals surface area (Å²) < 4.78 is 13.1. The number of amides is 2. The van der Waals surface area contributed by atoms with Crippen LogP contribution in [0.3, 0.4) is 0 Å². The van der Waals surface area contributed by atoms with E-state index in [-0.39, 0.29) is 29.9 Å². The van der Waals surface area contributed by atoms with Gasteiger partial charge in [0.05, 0.1) is 5.75 Å². The van der Waals surface area contributed by atoms with E-state index in [0.717, 1.165) is 24.0 Å². The molecule has 0 aliphatic rings. The molecule has 4 nitrogen and oxygen atoms in total. The number of thioether (sulfide) groups is 1. The third kappa shape index (κ3) is 8.36. The van der Waals surface area contributed by atoms with Gasteiger partial charge in [0, 0.05) is 28.9 Å². The molecule has 0 bridgehead atoms. The van der Waals surface area contributed by atoms with Crippen molar-refractivity contribution in [2.45, 2.75) is 45.0 Å². The third-order valence-electron chi connectivity index (χ3n) is 4.76. The zero-order valence-corrected chi connectivity index (χ0v) is 20.0. The largest absolute Gasteiger partial charge is 0.354 e. The van der Waals surface area contributed by atoms with Gasteiger partial charge in [0.25, 0.3) is 0 Å². The third-order valence-corrected chi connectivity index (χ3v) is 6.34. The highest BCUT2D eigenvalue weighted by atomic mass is 35.5. The standard InChI is InChI=1S/C23H27Cl2FN2O2S/c1-3-4-11-27-23(30)16(2)28(13-18-7-8-19(24)12-21(18)25)22(29)15-31-14-17-5-9-20(26)10-6-17/h5-10,12,16H,3-4,11,13-15H2,1-2H3,(H,27,30)/t16-/m0/s1. The maximum atomic E-state index is 13.1. The predicted molar refractivity (Wildman–Crippen MR) is 127 cm³/mol. The minimum Gasteiger partial charge on any atom is -0.354 e. The summed E-state index contributed by atoms with van der Waals surface area (Å²) in [5, 5.41) is 3.84. The molecule has 0 aliphatic carbocycles. The number of nitrogens with zero attached hydrogens (tertiary/aromatic N) is 1. The summed E-state index contributed by atoms with van der Waals surface area (Å²) in [6.07, 6.45) is 1.85. The zero-order valence-electron chi connectivity index (χ0n) is 17.7. The van der Waals surface area contributed by atoms with Crippen LogP contribution in [0.5, 0.6) is 0 Å². The van der Waals surface area contributed by atoms with Crippen LogP contribution in [0.15, 0.2) is 42.5 Å². The second kappa shape index (κ2) is 12.9. The highest BCUT2D eigenvalue weighted by Crippen LogP contribution is 2.24. The molecule has 2 aromatic rings. The van der Waals surface area contributed by atoms with Crippen molar-refractivity contribution >= 4 is 46.8 Å². The molecule has 0 radical (unpaired) electrons. The monoisotopic (exact) mass is 484 g/mol. The molecule has 8 heteroatoms. The minimum absolute atomic E-state index is 0.170. The minimum atomic E-state index is -0.650. The van der Waals surface area contributed by atoms with Crippen molar-refractivity contribution in [2.24, 2.45) is 0 Å². The van der Waals surface area contributed by atoms with Crippen LogP contribution in [-0.4, -0.2) is 35.1 Å². The SMILES string of the molecule is CCCCNC(=O)[C@H](C)N(Cc1ccc(Cl)cc1Cl)C(=O)CSCc1ccc(F)cc1. The zero-order chi connectivity index (χ0) is 22.8. The lowest BCUT2D eigenvalue weighted by Crippen LogP contribution is -2.48. The van der Waals surface area contributed by atoms with Gasteiger partial charge in [-0.1, -0.05) is 54.7 Å². The molecule has 0 heterocycles. The second-order valence-corrected chi connectivity index (χ2v) is 9.03. The molecule has 0 saturated heterocycles. The average Bonchev–Trinajstić information content (AvgIpc) is 2.74. The summed E-state index contributed by atoms with van der Waals surface area (Å²) in [5.41, 5.74) is 1.65. The van der Waals surface area contributed by atoms with Gasteiger partial charge in [-0.25, -0.2) is 4.39 Å². The van der Waals surface area contributed by atoms with E-state index >= 15 is 0 Å². The molecular weight excluding hydrogens is 458 g/mol. The smallest absolute Gasteiger partial charge is 0.242 e. The van der Waals surface area contributed by atoms with E-state index < -0.39 is 6.04 Å². The Morgan fingerprint density at radius 3 is 2.52 bits per heavy atom. The fourth-order valence-electron chi connectivity index (χ4n) is 2.87. The molecule has 1 N–H and O–H groups in total. The lowest BCUT2D eigenvalue weighted by molar-refractivity contribution is -0.138. The van der Waals surface area contributed by atoms with Gasteiger partial charge in [-0.3, -0.25) is 9.59 Å². The fraction of sp³-hybridized carbons (Fsp3) is 0.391. The first-order chi connectivity index (χ1) is 14.8. The van der Waals surface area contributed by atoms with E-state index in [4.69, 9.17) is 23.2 Å². The van der Waals surface area contributed by atoms with Gasteiger partial charge >= 0.3 is 0 Å². The predicted octanol–water partition coefficient (Wildman–Crippen LogP) is 5.70. The van der Waals surface area contributed by atoms with Crippen LogP contribution in [0.2, 0.25) is 10.0 Å². The quantitative estimate of drug-likeness (QED) is 0.416. The lowest BCUT2D eigenvalue weighted by atomic mass is 10.1. The molecule has 0 fully saturated rings. The number of carbonyl (C=O) groups excluding carboxylic acids is 2. The molecule has 0 aliphatic heterocycles. The Hall–Kier alpha value is -1.76. The molecule has 2 aromatic carbocycles. The van der Waals surface area contributed by atoms with Crippen molar-refractivity contribution in [3.8, 4) is 0 Å². The van der Waals surface area contributed by atoms with Crippen LogP contribution in [0.4, 0.5) is 4.39 Å². The highest BCUT2D eigenvalue weighted by molar-refractivity contribution is 7.99. The molecule has 1 atom stereocenters. The van der Waals surface area contributed by atoms with E-state index in [1.54, 1.807) is 37.3 Å². The molecule has 2 rings (SSSR count). The van der Waals surface area contributed by atoms with E-state index in [1.165, 1.54) is 28.8 Å². The summed E-state index contributed by atoms with van der Waals surface area (Å²) in [7, 11) is 0. The molecule has 31 heavy (non-hydrogen) atoms. The maximum Gasteiger partial charge on any atom is 0.242 e. The summed E-state index contributed by atoms with van der Waals surface area (Å²) in [5.74, 6) is 0.0961. The van der Waals surface area contributed by atoms with E-state index in [0.29, 0.717) is 22.3 Å². The van der Waals surface area contributed by atoms with Crippen LogP contribution in [0.1, 0.15) is 37.8 Å². The topological polar surface area (TPSA) is 49.4 Å². The van der Waals surface area contributed by atoms with Crippen LogP contribution >= 0.6 is 35.0 Å². The number of benzene rings is 2. The van der Waals surface area contributed by atoms with Crippen molar-refractivity contribution in [1.82, 2.24) is 10.2 Å². The fourth-order valence-corrected chi connectivity index (χ4v) is 4.21. The van der Waals surface area contributed by atoms with Gasteiger partial charge in [-0.05, 0) is 48.7 Å². The number of rotatable bonds is 11. The second-order valence-electron chi connectivity index (χ2n) is 7.20. The molecular formula is C23H27Cl2FN2O2S. The normalized spacial score (nSPS) is 11.8. The number of nitrogens with one attached hydrogen (secondary N) is 1. The van der Waals surface area contributed by atoms with Crippen molar-refractivity contribution in [2.75, 3.05) is 12.3 Å². The van der Waals surface area contributed by atoms with Crippen LogP contribution in [0.25, 0.3) is 0 Å². The number of unbranched alkanes of at least 4 members (excludes halogenated alkanes) is 1. The Labute approximate surface area is 197 Å². The van der Waals surface area contributed by atoms with Crippen molar-refractivity contribution in [3.63, 3.8) is 0 Å². The van der Waals surface area contributed by atoms with Crippen molar-refractivity contribution in [3.05, 3.63) is 69.5 Å². The Morgan fingerprint density at radius 1 is 1.16 bits per heavy atom. The van der Waals surface area contributed by atoms with E-state index in [2.05, 4.69) is 5.32 Å². The summed E-state index contributed by atoms with van der Waals surface area (Å²) >= 11 is 13.7. The summed E-state index contributed by atoms with van der Waals surface area (Å²) in [6.45, 7) is 4.54. The Bertz CT molecular complexity index is 880. The number of halogens is 3. The first-order valence-electron chi connectivity index (χ1n) is 10.1. The summed E-state index contributed by atoms with van der Waals surface area (Å²) in [4.78, 5) is 27.2. The highest BCUT2D eigenvalue weighted by Gasteiger charge is 2.26. The van der Waals surface area contributed by atoms with Gasteiger partial charge in [0.15, 0.2) is 0 Å². The van der Waals surface area contributed by atoms with Gasteiger partial charge < -0.3 is 10.2 Å². The number of hydrogen-bond acceptors (Lipinski definition) is 3. The Balaban J connectivity index is 2.08. The van der Waals surface area contributed by atoms with Crippen LogP contribution in [-0.2, 0) is 21.9 Å². The number of carbonyl (C=O) groups is 2. The van der Waals surface area contributed by atoms with Gasteiger partial charge in [0.1, 0.15) is 11.9 Å². The van der Waals surface area contributed by atoms with Crippen molar-refractivity contribution in [1.29, 1.82) is 0 Å². The molecule has 168 valence electrons. The van der Waals surface area contributed by atoms with Crippen molar-refractivity contribution < 1.29 is 14.0 Å². The van der Waals surface area contributed by atoms with Gasteiger partial charge in [-0.2, -0.15) is 0 Å². The average molecular weight is 485 g/mol.